The molecule has 96 valence electrons. The molecule has 3 N–H and O–H groups in total. The van der Waals surface area contributed by atoms with Crippen molar-refractivity contribution in [2.45, 2.75) is 26.3 Å². The van der Waals surface area contributed by atoms with Crippen LogP contribution in [0.2, 0.25) is 0 Å². The summed E-state index contributed by atoms with van der Waals surface area (Å²) in [5.41, 5.74) is 8.19. The molecule has 1 aromatic carbocycles. The molecule has 2 aromatic rings. The summed E-state index contributed by atoms with van der Waals surface area (Å²) in [6, 6.07) is 5.33. The zero-order valence-electron chi connectivity index (χ0n) is 10.6. The summed E-state index contributed by atoms with van der Waals surface area (Å²) in [6.07, 6.45) is 0.562. The summed E-state index contributed by atoms with van der Waals surface area (Å²) >= 11 is 0. The summed E-state index contributed by atoms with van der Waals surface area (Å²) < 4.78 is 5.60. The normalized spacial score (nSPS) is 12.6. The number of hydrogen-bond acceptors (Lipinski definition) is 4. The number of hydrogen-bond donors (Lipinski definition) is 2. The first kappa shape index (κ1) is 12.6. The monoisotopic (exact) mass is 247 g/mol. The van der Waals surface area contributed by atoms with Gasteiger partial charge in [-0.3, -0.25) is 4.79 Å². The Bertz CT molecular complexity index is 560. The van der Waals surface area contributed by atoms with Gasteiger partial charge in [0.25, 0.3) is 0 Å². The number of fused-ring (bicyclic) bond motifs is 1. The van der Waals surface area contributed by atoms with Crippen molar-refractivity contribution in [2.75, 3.05) is 6.54 Å². The Kier molecular flexibility index (Phi) is 3.62. The molecule has 0 unspecified atom stereocenters. The number of amides is 1. The van der Waals surface area contributed by atoms with Crippen molar-refractivity contribution in [3.8, 4) is 0 Å². The van der Waals surface area contributed by atoms with Crippen LogP contribution >= 0.6 is 0 Å². The molecule has 0 spiro atoms. The molecule has 0 aliphatic rings. The smallest absolute Gasteiger partial charge is 0.236 e. The Morgan fingerprint density at radius 1 is 1.56 bits per heavy atom. The van der Waals surface area contributed by atoms with Gasteiger partial charge in [-0.2, -0.15) is 0 Å². The van der Waals surface area contributed by atoms with E-state index in [4.69, 9.17) is 10.2 Å². The summed E-state index contributed by atoms with van der Waals surface area (Å²) in [5.74, 6) is 0.464. The fourth-order valence-corrected chi connectivity index (χ4v) is 1.69. The quantitative estimate of drug-likeness (QED) is 0.849. The molecular formula is C13H17N3O2. The second-order valence-corrected chi connectivity index (χ2v) is 4.36. The van der Waals surface area contributed by atoms with E-state index in [1.807, 2.05) is 25.1 Å². The molecule has 0 fully saturated rings. The minimum absolute atomic E-state index is 0.165. The molecule has 18 heavy (non-hydrogen) atoms. The van der Waals surface area contributed by atoms with Crippen molar-refractivity contribution >= 4 is 17.0 Å². The van der Waals surface area contributed by atoms with Crippen LogP contribution in [-0.2, 0) is 11.2 Å². The van der Waals surface area contributed by atoms with E-state index in [2.05, 4.69) is 10.3 Å². The van der Waals surface area contributed by atoms with Gasteiger partial charge in [0, 0.05) is 13.0 Å². The Labute approximate surface area is 105 Å². The molecule has 0 aliphatic heterocycles. The molecule has 0 aliphatic carbocycles. The van der Waals surface area contributed by atoms with E-state index < -0.39 is 6.04 Å². The second kappa shape index (κ2) is 5.18. The van der Waals surface area contributed by atoms with Gasteiger partial charge in [-0.25, -0.2) is 4.98 Å². The first-order valence-corrected chi connectivity index (χ1v) is 5.96. The van der Waals surface area contributed by atoms with Crippen molar-refractivity contribution in [3.05, 3.63) is 29.7 Å². The van der Waals surface area contributed by atoms with E-state index in [0.717, 1.165) is 16.7 Å². The topological polar surface area (TPSA) is 81.2 Å². The number of carbonyl (C=O) groups is 1. The van der Waals surface area contributed by atoms with Crippen LogP contribution in [0.25, 0.3) is 11.1 Å². The average Bonchev–Trinajstić information content (AvgIpc) is 2.73. The van der Waals surface area contributed by atoms with Gasteiger partial charge in [-0.15, -0.1) is 0 Å². The first-order chi connectivity index (χ1) is 8.58. The number of benzene rings is 1. The highest BCUT2D eigenvalue weighted by molar-refractivity contribution is 5.81. The summed E-state index contributed by atoms with van der Waals surface area (Å²) in [7, 11) is 0. The van der Waals surface area contributed by atoms with Crippen molar-refractivity contribution in [3.63, 3.8) is 0 Å². The number of para-hydroxylation sites is 1. The zero-order valence-corrected chi connectivity index (χ0v) is 10.6. The third-order valence-corrected chi connectivity index (χ3v) is 2.72. The van der Waals surface area contributed by atoms with Crippen LogP contribution < -0.4 is 11.1 Å². The highest BCUT2D eigenvalue weighted by Crippen LogP contribution is 2.18. The third-order valence-electron chi connectivity index (χ3n) is 2.72. The molecule has 0 saturated carbocycles. The second-order valence-electron chi connectivity index (χ2n) is 4.36. The van der Waals surface area contributed by atoms with Crippen molar-refractivity contribution in [2.24, 2.45) is 5.73 Å². The van der Waals surface area contributed by atoms with E-state index in [0.29, 0.717) is 18.9 Å². The lowest BCUT2D eigenvalue weighted by atomic mass is 10.2. The van der Waals surface area contributed by atoms with Crippen molar-refractivity contribution in [1.82, 2.24) is 10.3 Å². The maximum atomic E-state index is 11.3. The van der Waals surface area contributed by atoms with Crippen LogP contribution in [0.1, 0.15) is 18.4 Å². The van der Waals surface area contributed by atoms with Gasteiger partial charge in [0.05, 0.1) is 6.04 Å². The zero-order chi connectivity index (χ0) is 13.1. The Balaban J connectivity index is 2.00. The van der Waals surface area contributed by atoms with Gasteiger partial charge in [-0.05, 0) is 25.5 Å². The molecule has 1 atom stereocenters. The molecule has 5 heteroatoms. The van der Waals surface area contributed by atoms with Gasteiger partial charge in [0.15, 0.2) is 11.5 Å². The minimum atomic E-state index is -0.490. The van der Waals surface area contributed by atoms with Crippen LogP contribution in [0, 0.1) is 6.92 Å². The SMILES string of the molecule is Cc1cccc2oc(CCNC(=O)[C@H](C)N)nc12. The highest BCUT2D eigenvalue weighted by atomic mass is 16.3. The molecule has 1 aromatic heterocycles. The van der Waals surface area contributed by atoms with Gasteiger partial charge in [0.2, 0.25) is 5.91 Å². The number of oxazole rings is 1. The molecule has 0 saturated heterocycles. The standard InChI is InChI=1S/C13H17N3O2/c1-8-4-3-5-10-12(8)16-11(18-10)6-7-15-13(17)9(2)14/h3-5,9H,6-7,14H2,1-2H3,(H,15,17)/t9-/m0/s1. The number of aryl methyl sites for hydroxylation is 1. The number of nitrogens with zero attached hydrogens (tertiary/aromatic N) is 1. The molecule has 1 heterocycles. The van der Waals surface area contributed by atoms with Crippen LogP contribution in [-0.4, -0.2) is 23.5 Å². The first-order valence-electron chi connectivity index (χ1n) is 5.96. The Morgan fingerprint density at radius 3 is 3.00 bits per heavy atom. The minimum Gasteiger partial charge on any atom is -0.441 e. The average molecular weight is 247 g/mol. The summed E-state index contributed by atoms with van der Waals surface area (Å²) in [4.78, 5) is 15.7. The molecule has 0 radical (unpaired) electrons. The lowest BCUT2D eigenvalue weighted by molar-refractivity contribution is -0.121. The number of rotatable bonds is 4. The Hall–Kier alpha value is -1.88. The van der Waals surface area contributed by atoms with E-state index in [1.54, 1.807) is 6.92 Å². The fraction of sp³-hybridized carbons (Fsp3) is 0.385. The lowest BCUT2D eigenvalue weighted by Gasteiger charge is -2.05. The van der Waals surface area contributed by atoms with Gasteiger partial charge in [-0.1, -0.05) is 12.1 Å². The largest absolute Gasteiger partial charge is 0.441 e. The number of aromatic nitrogens is 1. The predicted molar refractivity (Wildman–Crippen MR) is 69.1 cm³/mol. The predicted octanol–water partition coefficient (Wildman–Crippen LogP) is 1.14. The summed E-state index contributed by atoms with van der Waals surface area (Å²) in [5, 5.41) is 2.73. The summed E-state index contributed by atoms with van der Waals surface area (Å²) in [6.45, 7) is 4.12. The fourth-order valence-electron chi connectivity index (χ4n) is 1.69. The van der Waals surface area contributed by atoms with Crippen LogP contribution in [0.15, 0.2) is 22.6 Å². The maximum absolute atomic E-state index is 11.3. The molecule has 0 bridgehead atoms. The van der Waals surface area contributed by atoms with Crippen LogP contribution in [0.3, 0.4) is 0 Å². The number of carbonyl (C=O) groups excluding carboxylic acids is 1. The van der Waals surface area contributed by atoms with Crippen molar-refractivity contribution in [1.29, 1.82) is 0 Å². The van der Waals surface area contributed by atoms with E-state index in [1.165, 1.54) is 0 Å². The van der Waals surface area contributed by atoms with Crippen LogP contribution in [0.5, 0.6) is 0 Å². The third kappa shape index (κ3) is 2.68. The van der Waals surface area contributed by atoms with E-state index in [-0.39, 0.29) is 5.91 Å². The molecule has 1 amide bonds. The Morgan fingerprint density at radius 2 is 2.33 bits per heavy atom. The highest BCUT2D eigenvalue weighted by Gasteiger charge is 2.09. The van der Waals surface area contributed by atoms with Gasteiger partial charge < -0.3 is 15.5 Å². The maximum Gasteiger partial charge on any atom is 0.236 e. The lowest BCUT2D eigenvalue weighted by Crippen LogP contribution is -2.39. The van der Waals surface area contributed by atoms with Gasteiger partial charge >= 0.3 is 0 Å². The van der Waals surface area contributed by atoms with Gasteiger partial charge in [0.1, 0.15) is 5.52 Å². The number of nitrogens with one attached hydrogen (secondary N) is 1. The van der Waals surface area contributed by atoms with E-state index >= 15 is 0 Å². The molecule has 2 rings (SSSR count). The molecule has 5 nitrogen and oxygen atoms in total. The van der Waals surface area contributed by atoms with Crippen LogP contribution in [0.4, 0.5) is 0 Å². The number of nitrogens with two attached hydrogens (primary N) is 1. The van der Waals surface area contributed by atoms with E-state index in [9.17, 15) is 4.79 Å². The molecular weight excluding hydrogens is 230 g/mol. The van der Waals surface area contributed by atoms with Crippen molar-refractivity contribution < 1.29 is 9.21 Å².